The molecular formula is C32H62O. The Hall–Kier alpha value is -0.720. The first-order valence-corrected chi connectivity index (χ1v) is 15.0. The number of hydrogen-bond donors (Lipinski definition) is 0. The molecule has 0 aromatic carbocycles. The molecular weight excluding hydrogens is 400 g/mol. The Balaban J connectivity index is 0.000000469. The number of rotatable bonds is 7. The standard InChI is InChI=1S/C13H22O.C9H18.C8H16.C2H6/c1-4-7-12(8-5-2)14-13-9-11(6-3)10-13;1-3-9-6-4-8(2)5-7-9;1-2-8-6-4-3-5-7-8;1-2/h4,7-8,11,13H,5-6,9-10H2,1-3H3;8-9H,3-7H2,1-2H3;8H,2-7H2,1H3;1-2H3/b7-4-,12-8+;;;. The molecule has 3 rings (SSSR count). The molecule has 0 spiro atoms. The normalized spacial score (nSPS) is 27.7. The Morgan fingerprint density at radius 2 is 1.24 bits per heavy atom. The molecule has 1 heteroatoms. The first-order valence-electron chi connectivity index (χ1n) is 15.0. The summed E-state index contributed by atoms with van der Waals surface area (Å²) in [5.74, 6) is 5.14. The SMILES string of the molecule is C/C=C\C(=C/CC)OC1CC(CC)C1.CC.CCC1CCC(C)CC1.CCC1CCCCC1. The lowest BCUT2D eigenvalue weighted by Gasteiger charge is -2.35. The van der Waals surface area contributed by atoms with E-state index in [9.17, 15) is 0 Å². The van der Waals surface area contributed by atoms with Crippen molar-refractivity contribution in [2.45, 2.75) is 158 Å². The van der Waals surface area contributed by atoms with Gasteiger partial charge in [0.1, 0.15) is 5.76 Å². The third kappa shape index (κ3) is 15.7. The predicted molar refractivity (Wildman–Crippen MR) is 151 cm³/mol. The number of hydrogen-bond acceptors (Lipinski definition) is 1. The highest BCUT2D eigenvalue weighted by atomic mass is 16.5. The zero-order chi connectivity index (χ0) is 24.9. The topological polar surface area (TPSA) is 9.23 Å². The average molecular weight is 463 g/mol. The van der Waals surface area contributed by atoms with Gasteiger partial charge in [-0.3, -0.25) is 0 Å². The molecule has 0 N–H and O–H groups in total. The highest BCUT2D eigenvalue weighted by molar-refractivity contribution is 5.11. The summed E-state index contributed by atoms with van der Waals surface area (Å²) >= 11 is 0. The second-order valence-electron chi connectivity index (χ2n) is 10.4. The molecule has 33 heavy (non-hydrogen) atoms. The van der Waals surface area contributed by atoms with Gasteiger partial charge in [0.05, 0.1) is 6.10 Å². The van der Waals surface area contributed by atoms with Gasteiger partial charge in [-0.15, -0.1) is 0 Å². The fourth-order valence-corrected chi connectivity index (χ4v) is 5.15. The van der Waals surface area contributed by atoms with Crippen molar-refractivity contribution in [2.24, 2.45) is 23.7 Å². The molecule has 0 unspecified atom stereocenters. The molecule has 196 valence electrons. The summed E-state index contributed by atoms with van der Waals surface area (Å²) in [4.78, 5) is 0. The van der Waals surface area contributed by atoms with E-state index >= 15 is 0 Å². The fourth-order valence-electron chi connectivity index (χ4n) is 5.15. The maximum atomic E-state index is 5.87. The Labute approximate surface area is 210 Å². The van der Waals surface area contributed by atoms with Gasteiger partial charge in [0.2, 0.25) is 0 Å². The highest BCUT2D eigenvalue weighted by Crippen LogP contribution is 2.34. The molecule has 0 heterocycles. The van der Waals surface area contributed by atoms with Crippen LogP contribution in [-0.2, 0) is 4.74 Å². The van der Waals surface area contributed by atoms with Crippen LogP contribution in [0, 0.1) is 23.7 Å². The summed E-state index contributed by atoms with van der Waals surface area (Å²) < 4.78 is 5.87. The van der Waals surface area contributed by atoms with Crippen LogP contribution in [0.3, 0.4) is 0 Å². The van der Waals surface area contributed by atoms with Crippen LogP contribution >= 0.6 is 0 Å². The van der Waals surface area contributed by atoms with Gasteiger partial charge in [0.25, 0.3) is 0 Å². The van der Waals surface area contributed by atoms with E-state index in [1.807, 2.05) is 26.8 Å². The van der Waals surface area contributed by atoms with Crippen molar-refractivity contribution in [3.05, 3.63) is 24.0 Å². The van der Waals surface area contributed by atoms with Crippen LogP contribution in [0.5, 0.6) is 0 Å². The Morgan fingerprint density at radius 1 is 0.727 bits per heavy atom. The quantitative estimate of drug-likeness (QED) is 0.270. The zero-order valence-corrected chi connectivity index (χ0v) is 24.1. The molecule has 0 radical (unpaired) electrons. The number of allylic oxidation sites excluding steroid dienone is 3. The van der Waals surface area contributed by atoms with E-state index < -0.39 is 0 Å². The minimum atomic E-state index is 0.481. The molecule has 0 saturated heterocycles. The molecule has 1 nitrogen and oxygen atoms in total. The lowest BCUT2D eigenvalue weighted by molar-refractivity contribution is 0.0145. The average Bonchev–Trinajstić information content (AvgIpc) is 2.84. The Kier molecular flexibility index (Phi) is 21.3. The van der Waals surface area contributed by atoms with E-state index in [0.717, 1.165) is 35.9 Å². The summed E-state index contributed by atoms with van der Waals surface area (Å²) in [6, 6.07) is 0. The van der Waals surface area contributed by atoms with Gasteiger partial charge < -0.3 is 4.74 Å². The van der Waals surface area contributed by atoms with Crippen LogP contribution in [0.1, 0.15) is 152 Å². The number of ether oxygens (including phenoxy) is 1. The van der Waals surface area contributed by atoms with E-state index in [1.54, 1.807) is 0 Å². The van der Waals surface area contributed by atoms with Crippen molar-refractivity contribution in [3.8, 4) is 0 Å². The second kappa shape index (κ2) is 21.8. The largest absolute Gasteiger partial charge is 0.491 e. The minimum absolute atomic E-state index is 0.481. The van der Waals surface area contributed by atoms with Gasteiger partial charge in [-0.05, 0) is 62.0 Å². The molecule has 3 saturated carbocycles. The van der Waals surface area contributed by atoms with Gasteiger partial charge in [0.15, 0.2) is 0 Å². The molecule has 3 aliphatic carbocycles. The summed E-state index contributed by atoms with van der Waals surface area (Å²) in [5.41, 5.74) is 0. The van der Waals surface area contributed by atoms with E-state index in [0.29, 0.717) is 6.10 Å². The van der Waals surface area contributed by atoms with Crippen molar-refractivity contribution in [2.75, 3.05) is 0 Å². The monoisotopic (exact) mass is 462 g/mol. The van der Waals surface area contributed by atoms with Gasteiger partial charge in [0, 0.05) is 0 Å². The summed E-state index contributed by atoms with van der Waals surface area (Å²) in [6.45, 7) is 17.4. The van der Waals surface area contributed by atoms with Crippen molar-refractivity contribution < 1.29 is 4.74 Å². The highest BCUT2D eigenvalue weighted by Gasteiger charge is 2.29. The fraction of sp³-hybridized carbons (Fsp3) is 0.875. The van der Waals surface area contributed by atoms with Gasteiger partial charge >= 0.3 is 0 Å². The zero-order valence-electron chi connectivity index (χ0n) is 24.1. The molecule has 0 aliphatic heterocycles. The molecule has 0 aromatic heterocycles. The third-order valence-corrected chi connectivity index (χ3v) is 7.82. The Bertz CT molecular complexity index is 457. The molecule has 0 bridgehead atoms. The second-order valence-corrected chi connectivity index (χ2v) is 10.4. The van der Waals surface area contributed by atoms with Crippen LogP contribution in [-0.4, -0.2) is 6.10 Å². The third-order valence-electron chi connectivity index (χ3n) is 7.82. The van der Waals surface area contributed by atoms with E-state index in [2.05, 4.69) is 46.8 Å². The molecule has 0 aromatic rings. The van der Waals surface area contributed by atoms with E-state index in [1.165, 1.54) is 89.9 Å². The van der Waals surface area contributed by atoms with Crippen molar-refractivity contribution in [3.63, 3.8) is 0 Å². The maximum absolute atomic E-state index is 5.87. The lowest BCUT2D eigenvalue weighted by Crippen LogP contribution is -2.30. The van der Waals surface area contributed by atoms with Crippen LogP contribution in [0.2, 0.25) is 0 Å². The van der Waals surface area contributed by atoms with Gasteiger partial charge in [-0.1, -0.05) is 132 Å². The lowest BCUT2D eigenvalue weighted by atomic mass is 9.80. The van der Waals surface area contributed by atoms with Gasteiger partial charge in [-0.25, -0.2) is 0 Å². The summed E-state index contributed by atoms with van der Waals surface area (Å²) in [7, 11) is 0. The molecule has 3 aliphatic rings. The van der Waals surface area contributed by atoms with Crippen molar-refractivity contribution in [1.82, 2.24) is 0 Å². The molecule has 3 fully saturated rings. The predicted octanol–water partition coefficient (Wildman–Crippen LogP) is 11.3. The first kappa shape index (κ1) is 32.3. The van der Waals surface area contributed by atoms with Crippen LogP contribution < -0.4 is 0 Å². The van der Waals surface area contributed by atoms with Crippen LogP contribution in [0.15, 0.2) is 24.0 Å². The van der Waals surface area contributed by atoms with E-state index in [4.69, 9.17) is 4.74 Å². The van der Waals surface area contributed by atoms with Crippen LogP contribution in [0.25, 0.3) is 0 Å². The van der Waals surface area contributed by atoms with Crippen molar-refractivity contribution >= 4 is 0 Å². The summed E-state index contributed by atoms with van der Waals surface area (Å²) in [5, 5.41) is 0. The first-order chi connectivity index (χ1) is 16.1. The summed E-state index contributed by atoms with van der Waals surface area (Å²) in [6.07, 6.45) is 27.9. The molecule has 0 amide bonds. The van der Waals surface area contributed by atoms with Crippen molar-refractivity contribution in [1.29, 1.82) is 0 Å². The maximum Gasteiger partial charge on any atom is 0.115 e. The minimum Gasteiger partial charge on any atom is -0.491 e. The smallest absolute Gasteiger partial charge is 0.115 e. The van der Waals surface area contributed by atoms with Gasteiger partial charge in [-0.2, -0.15) is 0 Å². The van der Waals surface area contributed by atoms with Crippen LogP contribution in [0.4, 0.5) is 0 Å². The van der Waals surface area contributed by atoms with E-state index in [-0.39, 0.29) is 0 Å². The Morgan fingerprint density at radius 3 is 1.67 bits per heavy atom. The molecule has 0 atom stereocenters.